The predicted molar refractivity (Wildman–Crippen MR) is 109 cm³/mol. The molecule has 0 fully saturated rings. The van der Waals surface area contributed by atoms with Crippen LogP contribution < -0.4 is 27.6 Å². The minimum absolute atomic E-state index is 0.0750. The van der Waals surface area contributed by atoms with Crippen LogP contribution in [0.1, 0.15) is 25.6 Å². The third kappa shape index (κ3) is 4.08. The Bertz CT molecular complexity index is 968. The van der Waals surface area contributed by atoms with E-state index in [1.807, 2.05) is 49.4 Å². The highest BCUT2D eigenvalue weighted by Crippen LogP contribution is 2.38. The van der Waals surface area contributed by atoms with Crippen LogP contribution >= 0.6 is 11.3 Å². The lowest BCUT2D eigenvalue weighted by Crippen LogP contribution is -2.30. The number of rotatable bonds is 5. The smallest absolute Gasteiger partial charge is 0.277 e. The van der Waals surface area contributed by atoms with Crippen molar-refractivity contribution in [3.05, 3.63) is 70.6 Å². The molecule has 0 aliphatic rings. The molecule has 0 radical (unpaired) electrons. The second kappa shape index (κ2) is 7.90. The zero-order chi connectivity index (χ0) is 19.4. The van der Waals surface area contributed by atoms with E-state index in [0.29, 0.717) is 10.7 Å². The molecule has 0 unspecified atom stereocenters. The molecule has 2 amide bonds. The van der Waals surface area contributed by atoms with Crippen LogP contribution in [0, 0.1) is 6.92 Å². The Morgan fingerprint density at radius 2 is 1.59 bits per heavy atom. The summed E-state index contributed by atoms with van der Waals surface area (Å²) in [6.07, 6.45) is 0. The molecule has 7 nitrogen and oxygen atoms in total. The van der Waals surface area contributed by atoms with Crippen LogP contribution in [-0.2, 0) is 0 Å². The maximum absolute atomic E-state index is 12.9. The molecule has 0 atom stereocenters. The average molecular weight is 381 g/mol. The lowest BCUT2D eigenvalue weighted by Gasteiger charge is -2.09. The molecule has 1 heterocycles. The van der Waals surface area contributed by atoms with Gasteiger partial charge in [0.25, 0.3) is 11.8 Å². The molecule has 7 N–H and O–H groups in total. The number of para-hydroxylation sites is 1. The van der Waals surface area contributed by atoms with Crippen molar-refractivity contribution in [1.82, 2.24) is 5.43 Å². The van der Waals surface area contributed by atoms with Gasteiger partial charge in [-0.15, -0.1) is 11.3 Å². The molecular formula is C19H19N5O2S. The minimum atomic E-state index is -0.553. The second-order valence-electron chi connectivity index (χ2n) is 5.83. The average Bonchev–Trinajstić information content (AvgIpc) is 2.99. The summed E-state index contributed by atoms with van der Waals surface area (Å²) in [5.41, 5.74) is 10.9. The highest BCUT2D eigenvalue weighted by atomic mass is 32.1. The molecule has 1 aromatic heterocycles. The molecule has 0 bridgehead atoms. The molecular weight excluding hydrogens is 362 g/mol. The van der Waals surface area contributed by atoms with Crippen molar-refractivity contribution in [2.45, 2.75) is 6.92 Å². The Morgan fingerprint density at radius 1 is 0.926 bits per heavy atom. The normalized spacial score (nSPS) is 10.3. The van der Waals surface area contributed by atoms with E-state index in [-0.39, 0.29) is 16.1 Å². The van der Waals surface area contributed by atoms with Gasteiger partial charge >= 0.3 is 0 Å². The molecule has 3 aromatic rings. The summed E-state index contributed by atoms with van der Waals surface area (Å²) in [5.74, 6) is 4.26. The first kappa shape index (κ1) is 18.4. The maximum atomic E-state index is 12.9. The van der Waals surface area contributed by atoms with Crippen molar-refractivity contribution in [3.63, 3.8) is 0 Å². The quantitative estimate of drug-likeness (QED) is 0.264. The van der Waals surface area contributed by atoms with E-state index < -0.39 is 11.8 Å². The summed E-state index contributed by atoms with van der Waals surface area (Å²) in [4.78, 5) is 25.0. The fourth-order valence-electron chi connectivity index (χ4n) is 2.47. The summed E-state index contributed by atoms with van der Waals surface area (Å²) < 4.78 is 0. The van der Waals surface area contributed by atoms with Gasteiger partial charge in [0.2, 0.25) is 0 Å². The number of hydrogen-bond acceptors (Lipinski definition) is 6. The van der Waals surface area contributed by atoms with Crippen LogP contribution in [0.4, 0.5) is 22.1 Å². The van der Waals surface area contributed by atoms with Crippen molar-refractivity contribution in [2.75, 3.05) is 16.4 Å². The lowest BCUT2D eigenvalue weighted by atomic mass is 10.2. The van der Waals surface area contributed by atoms with Gasteiger partial charge in [-0.05, 0) is 31.2 Å². The molecule has 0 aliphatic heterocycles. The first-order valence-corrected chi connectivity index (χ1v) is 8.94. The van der Waals surface area contributed by atoms with Crippen LogP contribution in [0.3, 0.4) is 0 Å². The number of carbonyl (C=O) groups excluding carboxylic acids is 2. The maximum Gasteiger partial charge on any atom is 0.277 e. The Kier molecular flexibility index (Phi) is 5.39. The standard InChI is InChI=1S/C19H19N5O2S/c1-11-7-9-13(10-8-11)22-17(25)14-15(20)16(18(26)24-21)27-19(14)23-12-5-3-2-4-6-12/h2-10,23H,20-21H2,1H3,(H,22,25)(H,24,26). The topological polar surface area (TPSA) is 122 Å². The van der Waals surface area contributed by atoms with Crippen LogP contribution in [0.5, 0.6) is 0 Å². The summed E-state index contributed by atoms with van der Waals surface area (Å²) >= 11 is 1.07. The molecule has 27 heavy (non-hydrogen) atoms. The van der Waals surface area contributed by atoms with E-state index in [0.717, 1.165) is 22.6 Å². The molecule has 138 valence electrons. The lowest BCUT2D eigenvalue weighted by molar-refractivity contribution is 0.0958. The van der Waals surface area contributed by atoms with Crippen LogP contribution in [0.25, 0.3) is 0 Å². The monoisotopic (exact) mass is 381 g/mol. The Morgan fingerprint density at radius 3 is 2.22 bits per heavy atom. The van der Waals surface area contributed by atoms with Gasteiger partial charge in [0.15, 0.2) is 0 Å². The first-order valence-electron chi connectivity index (χ1n) is 8.13. The highest BCUT2D eigenvalue weighted by molar-refractivity contribution is 7.19. The number of amides is 2. The van der Waals surface area contributed by atoms with E-state index >= 15 is 0 Å². The third-order valence-corrected chi connectivity index (χ3v) is 4.97. The van der Waals surface area contributed by atoms with E-state index in [9.17, 15) is 9.59 Å². The number of carbonyl (C=O) groups is 2. The molecule has 0 saturated heterocycles. The van der Waals surface area contributed by atoms with Gasteiger partial charge in [0, 0.05) is 11.4 Å². The number of benzene rings is 2. The zero-order valence-electron chi connectivity index (χ0n) is 14.6. The Hall–Kier alpha value is -3.36. The van der Waals surface area contributed by atoms with Crippen molar-refractivity contribution in [3.8, 4) is 0 Å². The number of anilines is 4. The minimum Gasteiger partial charge on any atom is -0.397 e. The number of thiophene rings is 1. The number of hydrazine groups is 1. The number of aryl methyl sites for hydroxylation is 1. The first-order chi connectivity index (χ1) is 13.0. The molecule has 0 spiro atoms. The SMILES string of the molecule is Cc1ccc(NC(=O)c2c(Nc3ccccc3)sc(C(=O)NN)c2N)cc1. The van der Waals surface area contributed by atoms with E-state index in [1.165, 1.54) is 0 Å². The van der Waals surface area contributed by atoms with E-state index in [4.69, 9.17) is 11.6 Å². The van der Waals surface area contributed by atoms with Gasteiger partial charge in [-0.3, -0.25) is 15.0 Å². The highest BCUT2D eigenvalue weighted by Gasteiger charge is 2.25. The van der Waals surface area contributed by atoms with Gasteiger partial charge < -0.3 is 16.4 Å². The van der Waals surface area contributed by atoms with Gasteiger partial charge in [-0.25, -0.2) is 5.84 Å². The van der Waals surface area contributed by atoms with Crippen LogP contribution in [0.15, 0.2) is 54.6 Å². The van der Waals surface area contributed by atoms with E-state index in [2.05, 4.69) is 16.1 Å². The van der Waals surface area contributed by atoms with Gasteiger partial charge in [0.1, 0.15) is 9.88 Å². The molecule has 2 aromatic carbocycles. The van der Waals surface area contributed by atoms with Crippen molar-refractivity contribution in [2.24, 2.45) is 5.84 Å². The molecule has 0 aliphatic carbocycles. The number of nitrogen functional groups attached to an aromatic ring is 2. The summed E-state index contributed by atoms with van der Waals surface area (Å²) in [6.45, 7) is 1.96. The van der Waals surface area contributed by atoms with Crippen LogP contribution in [-0.4, -0.2) is 11.8 Å². The molecule has 3 rings (SSSR count). The number of nitrogens with one attached hydrogen (secondary N) is 3. The van der Waals surface area contributed by atoms with Crippen molar-refractivity contribution < 1.29 is 9.59 Å². The van der Waals surface area contributed by atoms with Crippen molar-refractivity contribution in [1.29, 1.82) is 0 Å². The molecule has 8 heteroatoms. The number of nitrogens with two attached hydrogens (primary N) is 2. The fourth-order valence-corrected chi connectivity index (χ4v) is 3.52. The van der Waals surface area contributed by atoms with Gasteiger partial charge in [0.05, 0.1) is 11.3 Å². The Labute approximate surface area is 160 Å². The largest absolute Gasteiger partial charge is 0.397 e. The van der Waals surface area contributed by atoms with Crippen molar-refractivity contribution >= 4 is 45.2 Å². The molecule has 0 saturated carbocycles. The number of hydrogen-bond donors (Lipinski definition) is 5. The fraction of sp³-hybridized carbons (Fsp3) is 0.0526. The van der Waals surface area contributed by atoms with Gasteiger partial charge in [-0.2, -0.15) is 0 Å². The van der Waals surface area contributed by atoms with Crippen LogP contribution in [0.2, 0.25) is 0 Å². The second-order valence-corrected chi connectivity index (χ2v) is 6.85. The summed E-state index contributed by atoms with van der Waals surface area (Å²) in [7, 11) is 0. The Balaban J connectivity index is 1.98. The summed E-state index contributed by atoms with van der Waals surface area (Å²) in [6, 6.07) is 16.7. The zero-order valence-corrected chi connectivity index (χ0v) is 15.4. The predicted octanol–water partition coefficient (Wildman–Crippen LogP) is 3.24. The van der Waals surface area contributed by atoms with E-state index in [1.54, 1.807) is 12.1 Å². The van der Waals surface area contributed by atoms with Gasteiger partial charge in [-0.1, -0.05) is 35.9 Å². The summed E-state index contributed by atoms with van der Waals surface area (Å²) in [5, 5.41) is 6.41. The third-order valence-electron chi connectivity index (χ3n) is 3.85.